The van der Waals surface area contributed by atoms with Crippen LogP contribution in [0.2, 0.25) is 0 Å². The number of aryl methyl sites for hydroxylation is 1. The number of hydrogen-bond acceptors (Lipinski definition) is 1. The van der Waals surface area contributed by atoms with Gasteiger partial charge in [0, 0.05) is 0 Å². The highest BCUT2D eigenvalue weighted by Gasteiger charge is 2.46. The van der Waals surface area contributed by atoms with Gasteiger partial charge in [-0.1, -0.05) is 39.3 Å². The van der Waals surface area contributed by atoms with E-state index in [9.17, 15) is 5.11 Å². The van der Waals surface area contributed by atoms with Crippen molar-refractivity contribution in [2.75, 3.05) is 0 Å². The Hall–Kier alpha value is -0.980. The maximum absolute atomic E-state index is 9.60. The summed E-state index contributed by atoms with van der Waals surface area (Å²) in [6.45, 7) is 9.07. The Labute approximate surface area is 98.5 Å². The zero-order valence-corrected chi connectivity index (χ0v) is 10.8. The van der Waals surface area contributed by atoms with E-state index in [1.165, 1.54) is 24.8 Å². The van der Waals surface area contributed by atoms with Crippen molar-refractivity contribution in [2.24, 2.45) is 5.41 Å². The summed E-state index contributed by atoms with van der Waals surface area (Å²) in [5.41, 5.74) is 2.98. The molecule has 1 heteroatoms. The highest BCUT2D eigenvalue weighted by Crippen LogP contribution is 2.53. The van der Waals surface area contributed by atoms with Crippen LogP contribution in [0.15, 0.2) is 18.2 Å². The first-order chi connectivity index (χ1) is 7.37. The van der Waals surface area contributed by atoms with Gasteiger partial charge in [-0.25, -0.2) is 0 Å². The normalized spacial score (nSPS) is 28.2. The number of hydrogen-bond donors (Lipinski definition) is 1. The second-order valence-corrected chi connectivity index (χ2v) is 6.07. The topological polar surface area (TPSA) is 20.2 Å². The van der Waals surface area contributed by atoms with Gasteiger partial charge in [0.2, 0.25) is 0 Å². The second kappa shape index (κ2) is 3.51. The second-order valence-electron chi connectivity index (χ2n) is 6.07. The highest BCUT2D eigenvalue weighted by atomic mass is 16.3. The summed E-state index contributed by atoms with van der Waals surface area (Å²) in [7, 11) is 0. The molecular formula is C15H22O. The van der Waals surface area contributed by atoms with Crippen LogP contribution >= 0.6 is 0 Å². The minimum atomic E-state index is 0.255. The van der Waals surface area contributed by atoms with Crippen LogP contribution in [-0.4, -0.2) is 5.11 Å². The van der Waals surface area contributed by atoms with Crippen molar-refractivity contribution >= 4 is 0 Å². The first kappa shape index (κ1) is 11.5. The van der Waals surface area contributed by atoms with Crippen LogP contribution in [0.1, 0.15) is 51.2 Å². The molecule has 1 fully saturated rings. The number of phenols is 1. The molecule has 1 N–H and O–H groups in total. The van der Waals surface area contributed by atoms with Gasteiger partial charge in [-0.05, 0) is 47.8 Å². The van der Waals surface area contributed by atoms with Gasteiger partial charge in [0.15, 0.2) is 0 Å². The van der Waals surface area contributed by atoms with Crippen LogP contribution in [0.5, 0.6) is 5.75 Å². The Morgan fingerprint density at radius 1 is 1.12 bits per heavy atom. The van der Waals surface area contributed by atoms with Crippen LogP contribution in [0.3, 0.4) is 0 Å². The minimum Gasteiger partial charge on any atom is -0.508 e. The quantitative estimate of drug-likeness (QED) is 0.750. The van der Waals surface area contributed by atoms with Crippen LogP contribution in [0.25, 0.3) is 0 Å². The molecular weight excluding hydrogens is 196 g/mol. The lowest BCUT2D eigenvalue weighted by Crippen LogP contribution is -2.33. The minimum absolute atomic E-state index is 0.255. The van der Waals surface area contributed by atoms with Gasteiger partial charge in [0.25, 0.3) is 0 Å². The molecule has 0 saturated heterocycles. The molecule has 88 valence electrons. The summed E-state index contributed by atoms with van der Waals surface area (Å²) in [5.74, 6) is 0.406. The Morgan fingerprint density at radius 3 is 2.31 bits per heavy atom. The van der Waals surface area contributed by atoms with E-state index in [0.29, 0.717) is 11.2 Å². The van der Waals surface area contributed by atoms with Crippen molar-refractivity contribution in [3.8, 4) is 5.75 Å². The van der Waals surface area contributed by atoms with Crippen LogP contribution < -0.4 is 0 Å². The smallest absolute Gasteiger partial charge is 0.118 e. The molecule has 1 atom stereocenters. The van der Waals surface area contributed by atoms with Gasteiger partial charge in [-0.3, -0.25) is 0 Å². The van der Waals surface area contributed by atoms with Crippen molar-refractivity contribution in [3.05, 3.63) is 29.3 Å². The maximum Gasteiger partial charge on any atom is 0.118 e. The summed E-state index contributed by atoms with van der Waals surface area (Å²) < 4.78 is 0. The summed E-state index contributed by atoms with van der Waals surface area (Å²) in [4.78, 5) is 0. The van der Waals surface area contributed by atoms with Crippen molar-refractivity contribution in [3.63, 3.8) is 0 Å². The summed E-state index contributed by atoms with van der Waals surface area (Å²) in [6, 6.07) is 6.09. The van der Waals surface area contributed by atoms with Gasteiger partial charge in [-0.2, -0.15) is 0 Å². The molecule has 1 aliphatic rings. The predicted octanol–water partition coefficient (Wildman–Crippen LogP) is 4.17. The van der Waals surface area contributed by atoms with Gasteiger partial charge < -0.3 is 5.11 Å². The van der Waals surface area contributed by atoms with E-state index in [2.05, 4.69) is 32.9 Å². The molecule has 0 bridgehead atoms. The molecule has 16 heavy (non-hydrogen) atoms. The molecule has 1 nitrogen and oxygen atoms in total. The predicted molar refractivity (Wildman–Crippen MR) is 67.8 cm³/mol. The molecule has 1 aromatic rings. The third-order valence-electron chi connectivity index (χ3n) is 4.81. The Bertz CT molecular complexity index is 406. The fraction of sp³-hybridized carbons (Fsp3) is 0.600. The molecule has 0 aromatic heterocycles. The molecule has 0 amide bonds. The summed E-state index contributed by atoms with van der Waals surface area (Å²) in [6.07, 6.45) is 3.86. The lowest BCUT2D eigenvalue weighted by atomic mass is 9.65. The molecule has 0 heterocycles. The number of rotatable bonds is 1. The maximum atomic E-state index is 9.60. The van der Waals surface area contributed by atoms with Crippen LogP contribution in [-0.2, 0) is 5.41 Å². The molecule has 1 aromatic carbocycles. The highest BCUT2D eigenvalue weighted by molar-refractivity contribution is 5.39. The fourth-order valence-corrected chi connectivity index (χ4v) is 3.03. The van der Waals surface area contributed by atoms with E-state index in [0.717, 1.165) is 5.56 Å². The Kier molecular flexibility index (Phi) is 2.52. The van der Waals surface area contributed by atoms with Gasteiger partial charge in [0.05, 0.1) is 0 Å². The zero-order chi connectivity index (χ0) is 12.0. The molecule has 0 spiro atoms. The number of benzene rings is 1. The average molecular weight is 218 g/mol. The third-order valence-corrected chi connectivity index (χ3v) is 4.81. The van der Waals surface area contributed by atoms with Crippen molar-refractivity contribution in [1.82, 2.24) is 0 Å². The Morgan fingerprint density at radius 2 is 1.81 bits per heavy atom. The van der Waals surface area contributed by atoms with Crippen molar-refractivity contribution < 1.29 is 5.11 Å². The van der Waals surface area contributed by atoms with Crippen molar-refractivity contribution in [2.45, 2.75) is 52.4 Å². The molecule has 0 unspecified atom stereocenters. The van der Waals surface area contributed by atoms with Crippen LogP contribution in [0.4, 0.5) is 0 Å². The lowest BCUT2D eigenvalue weighted by Gasteiger charge is -2.39. The lowest BCUT2D eigenvalue weighted by molar-refractivity contribution is 0.224. The van der Waals surface area contributed by atoms with E-state index < -0.39 is 0 Å². The van der Waals surface area contributed by atoms with Gasteiger partial charge in [0.1, 0.15) is 5.75 Å². The summed E-state index contributed by atoms with van der Waals surface area (Å²) >= 11 is 0. The molecule has 0 aliphatic heterocycles. The SMILES string of the molecule is Cc1cc([C@]2(C)CCCC2(C)C)ccc1O. The van der Waals surface area contributed by atoms with E-state index in [1.807, 2.05) is 13.0 Å². The first-order valence-corrected chi connectivity index (χ1v) is 6.17. The summed E-state index contributed by atoms with van der Waals surface area (Å²) in [5, 5.41) is 9.60. The molecule has 1 saturated carbocycles. The van der Waals surface area contributed by atoms with Gasteiger partial charge in [-0.15, -0.1) is 0 Å². The standard InChI is InChI=1S/C15H22O/c1-11-10-12(6-7-13(11)16)15(4)9-5-8-14(15,2)3/h6-7,10,16H,5,8-9H2,1-4H3/t15-/m0/s1. The van der Waals surface area contributed by atoms with E-state index in [-0.39, 0.29) is 5.41 Å². The Balaban J connectivity index is 2.47. The van der Waals surface area contributed by atoms with Gasteiger partial charge >= 0.3 is 0 Å². The zero-order valence-electron chi connectivity index (χ0n) is 10.8. The monoisotopic (exact) mass is 218 g/mol. The molecule has 1 aliphatic carbocycles. The average Bonchev–Trinajstić information content (AvgIpc) is 2.47. The van der Waals surface area contributed by atoms with E-state index in [1.54, 1.807) is 0 Å². The van der Waals surface area contributed by atoms with E-state index in [4.69, 9.17) is 0 Å². The van der Waals surface area contributed by atoms with E-state index >= 15 is 0 Å². The fourth-order valence-electron chi connectivity index (χ4n) is 3.03. The molecule has 0 radical (unpaired) electrons. The van der Waals surface area contributed by atoms with Crippen molar-refractivity contribution in [1.29, 1.82) is 0 Å². The molecule has 2 rings (SSSR count). The number of aromatic hydroxyl groups is 1. The van der Waals surface area contributed by atoms with Crippen LogP contribution in [0, 0.1) is 12.3 Å². The third kappa shape index (κ3) is 1.53. The number of phenolic OH excluding ortho intramolecular Hbond substituents is 1. The largest absolute Gasteiger partial charge is 0.508 e. The first-order valence-electron chi connectivity index (χ1n) is 6.17.